The molecule has 0 amide bonds. The first-order valence-electron chi connectivity index (χ1n) is 7.78. The van der Waals surface area contributed by atoms with Crippen molar-refractivity contribution in [2.24, 2.45) is 0 Å². The highest BCUT2D eigenvalue weighted by Gasteiger charge is 2.25. The SMILES string of the molecule is CCCc1noc(CN2CCNCC2c2cccc(Cl)c2)n1. The molecule has 3 rings (SSSR count). The van der Waals surface area contributed by atoms with Crippen molar-refractivity contribution in [3.63, 3.8) is 0 Å². The Labute approximate surface area is 135 Å². The van der Waals surface area contributed by atoms with E-state index in [1.807, 2.05) is 18.2 Å². The van der Waals surface area contributed by atoms with Gasteiger partial charge in [-0.2, -0.15) is 4.98 Å². The Bertz CT molecular complexity index is 616. The molecule has 0 radical (unpaired) electrons. The van der Waals surface area contributed by atoms with Gasteiger partial charge in [-0.3, -0.25) is 4.90 Å². The van der Waals surface area contributed by atoms with Crippen molar-refractivity contribution in [3.8, 4) is 0 Å². The zero-order valence-corrected chi connectivity index (χ0v) is 13.5. The number of nitrogens with zero attached hydrogens (tertiary/aromatic N) is 3. The Kier molecular flexibility index (Phi) is 5.08. The molecule has 6 heteroatoms. The van der Waals surface area contributed by atoms with Crippen LogP contribution in [0.4, 0.5) is 0 Å². The molecule has 22 heavy (non-hydrogen) atoms. The summed E-state index contributed by atoms with van der Waals surface area (Å²) in [5.41, 5.74) is 1.22. The van der Waals surface area contributed by atoms with Gasteiger partial charge in [-0.1, -0.05) is 35.8 Å². The lowest BCUT2D eigenvalue weighted by Gasteiger charge is -2.35. The molecule has 118 valence electrons. The molecule has 1 aliphatic heterocycles. The van der Waals surface area contributed by atoms with Gasteiger partial charge in [-0.25, -0.2) is 0 Å². The lowest BCUT2D eigenvalue weighted by atomic mass is 10.0. The van der Waals surface area contributed by atoms with E-state index in [9.17, 15) is 0 Å². The average molecular weight is 321 g/mol. The Morgan fingerprint density at radius 2 is 2.36 bits per heavy atom. The van der Waals surface area contributed by atoms with Gasteiger partial charge in [0.1, 0.15) is 0 Å². The number of rotatable bonds is 5. The van der Waals surface area contributed by atoms with E-state index in [1.165, 1.54) is 5.56 Å². The third-order valence-electron chi connectivity index (χ3n) is 3.91. The van der Waals surface area contributed by atoms with Crippen LogP contribution in [0.1, 0.15) is 36.7 Å². The van der Waals surface area contributed by atoms with E-state index in [-0.39, 0.29) is 6.04 Å². The number of halogens is 1. The molecule has 1 aromatic heterocycles. The van der Waals surface area contributed by atoms with Gasteiger partial charge >= 0.3 is 0 Å². The van der Waals surface area contributed by atoms with Crippen LogP contribution in [0.25, 0.3) is 0 Å². The smallest absolute Gasteiger partial charge is 0.240 e. The lowest BCUT2D eigenvalue weighted by molar-refractivity contribution is 0.135. The average Bonchev–Trinajstić information content (AvgIpc) is 2.95. The number of benzene rings is 1. The molecule has 1 aromatic carbocycles. The van der Waals surface area contributed by atoms with E-state index in [4.69, 9.17) is 16.1 Å². The molecule has 0 saturated carbocycles. The van der Waals surface area contributed by atoms with Crippen molar-refractivity contribution < 1.29 is 4.52 Å². The van der Waals surface area contributed by atoms with Crippen LogP contribution in [0.15, 0.2) is 28.8 Å². The van der Waals surface area contributed by atoms with Crippen LogP contribution in [-0.4, -0.2) is 34.7 Å². The first-order chi connectivity index (χ1) is 10.8. The van der Waals surface area contributed by atoms with Crippen LogP contribution in [0.5, 0.6) is 0 Å². The fourth-order valence-corrected chi connectivity index (χ4v) is 3.03. The second-order valence-corrected chi connectivity index (χ2v) is 6.04. The Morgan fingerprint density at radius 3 is 3.18 bits per heavy atom. The maximum absolute atomic E-state index is 6.13. The van der Waals surface area contributed by atoms with Gasteiger partial charge < -0.3 is 9.84 Å². The first-order valence-corrected chi connectivity index (χ1v) is 8.15. The first kappa shape index (κ1) is 15.5. The number of nitrogens with one attached hydrogen (secondary N) is 1. The Balaban J connectivity index is 1.74. The number of piperazine rings is 1. The highest BCUT2D eigenvalue weighted by atomic mass is 35.5. The van der Waals surface area contributed by atoms with Crippen molar-refractivity contribution in [3.05, 3.63) is 46.6 Å². The minimum absolute atomic E-state index is 0.272. The van der Waals surface area contributed by atoms with Gasteiger partial charge in [0.05, 0.1) is 6.54 Å². The zero-order chi connectivity index (χ0) is 15.4. The third kappa shape index (κ3) is 3.66. The molecule has 0 spiro atoms. The Hall–Kier alpha value is -1.43. The molecule has 2 heterocycles. The van der Waals surface area contributed by atoms with Gasteiger partial charge in [0, 0.05) is 37.1 Å². The molecule has 1 fully saturated rings. The van der Waals surface area contributed by atoms with E-state index >= 15 is 0 Å². The largest absolute Gasteiger partial charge is 0.338 e. The van der Waals surface area contributed by atoms with Crippen molar-refractivity contribution in [1.29, 1.82) is 0 Å². The molecule has 1 saturated heterocycles. The Morgan fingerprint density at radius 1 is 1.45 bits per heavy atom. The van der Waals surface area contributed by atoms with Crippen LogP contribution in [0.2, 0.25) is 5.02 Å². The van der Waals surface area contributed by atoms with Crippen LogP contribution < -0.4 is 5.32 Å². The maximum Gasteiger partial charge on any atom is 0.240 e. The fraction of sp³-hybridized carbons (Fsp3) is 0.500. The fourth-order valence-electron chi connectivity index (χ4n) is 2.83. The van der Waals surface area contributed by atoms with Crippen molar-refractivity contribution in [2.75, 3.05) is 19.6 Å². The summed E-state index contributed by atoms with van der Waals surface area (Å²) in [6, 6.07) is 8.32. The minimum atomic E-state index is 0.272. The number of aromatic nitrogens is 2. The molecule has 1 unspecified atom stereocenters. The highest BCUT2D eigenvalue weighted by molar-refractivity contribution is 6.30. The van der Waals surface area contributed by atoms with Crippen LogP contribution in [-0.2, 0) is 13.0 Å². The summed E-state index contributed by atoms with van der Waals surface area (Å²) in [5.74, 6) is 1.49. The summed E-state index contributed by atoms with van der Waals surface area (Å²) in [4.78, 5) is 6.84. The van der Waals surface area contributed by atoms with E-state index in [0.717, 1.165) is 43.3 Å². The molecular weight excluding hydrogens is 300 g/mol. The lowest BCUT2D eigenvalue weighted by Crippen LogP contribution is -2.45. The normalized spacial score (nSPS) is 19.5. The van der Waals surface area contributed by atoms with E-state index < -0.39 is 0 Å². The zero-order valence-electron chi connectivity index (χ0n) is 12.8. The summed E-state index contributed by atoms with van der Waals surface area (Å²) in [7, 11) is 0. The van der Waals surface area contributed by atoms with Gasteiger partial charge in [0.15, 0.2) is 5.82 Å². The van der Waals surface area contributed by atoms with Crippen molar-refractivity contribution >= 4 is 11.6 Å². The van der Waals surface area contributed by atoms with E-state index in [1.54, 1.807) is 0 Å². The molecule has 0 bridgehead atoms. The summed E-state index contributed by atoms with van der Waals surface area (Å²) in [6.07, 6.45) is 1.89. The second-order valence-electron chi connectivity index (χ2n) is 5.60. The topological polar surface area (TPSA) is 54.2 Å². The molecule has 1 aliphatic rings. The highest BCUT2D eigenvalue weighted by Crippen LogP contribution is 2.25. The summed E-state index contributed by atoms with van der Waals surface area (Å²) in [6.45, 7) is 5.60. The summed E-state index contributed by atoms with van der Waals surface area (Å²) in [5, 5.41) is 8.25. The number of hydrogen-bond acceptors (Lipinski definition) is 5. The maximum atomic E-state index is 6.13. The second kappa shape index (κ2) is 7.22. The molecule has 1 atom stereocenters. The molecule has 2 aromatic rings. The van der Waals surface area contributed by atoms with Crippen LogP contribution in [0.3, 0.4) is 0 Å². The predicted molar refractivity (Wildman–Crippen MR) is 85.8 cm³/mol. The molecular formula is C16H21ClN4O. The van der Waals surface area contributed by atoms with Gasteiger partial charge in [0.2, 0.25) is 5.89 Å². The van der Waals surface area contributed by atoms with E-state index in [0.29, 0.717) is 12.4 Å². The quantitative estimate of drug-likeness (QED) is 0.918. The monoisotopic (exact) mass is 320 g/mol. The van der Waals surface area contributed by atoms with Gasteiger partial charge in [-0.15, -0.1) is 0 Å². The standard InChI is InChI=1S/C16H21ClN4O/c1-2-4-15-19-16(22-20-15)11-21-8-7-18-10-14(21)12-5-3-6-13(17)9-12/h3,5-6,9,14,18H,2,4,7-8,10-11H2,1H3. The number of aryl methyl sites for hydroxylation is 1. The molecule has 0 aliphatic carbocycles. The predicted octanol–water partition coefficient (Wildman–Crippen LogP) is 2.82. The van der Waals surface area contributed by atoms with Crippen molar-refractivity contribution in [1.82, 2.24) is 20.4 Å². The van der Waals surface area contributed by atoms with Gasteiger partial charge in [0.25, 0.3) is 0 Å². The molecule has 1 N–H and O–H groups in total. The third-order valence-corrected chi connectivity index (χ3v) is 4.14. The van der Waals surface area contributed by atoms with Crippen LogP contribution >= 0.6 is 11.6 Å². The summed E-state index contributed by atoms with van der Waals surface area (Å²) >= 11 is 6.13. The van der Waals surface area contributed by atoms with Crippen molar-refractivity contribution in [2.45, 2.75) is 32.4 Å². The van der Waals surface area contributed by atoms with Crippen LogP contribution in [0, 0.1) is 0 Å². The van der Waals surface area contributed by atoms with E-state index in [2.05, 4.69) is 33.3 Å². The number of hydrogen-bond donors (Lipinski definition) is 1. The minimum Gasteiger partial charge on any atom is -0.338 e. The van der Waals surface area contributed by atoms with Gasteiger partial charge in [-0.05, 0) is 24.1 Å². The summed E-state index contributed by atoms with van der Waals surface area (Å²) < 4.78 is 5.38. The molecule has 5 nitrogen and oxygen atoms in total.